The van der Waals surface area contributed by atoms with E-state index in [4.69, 9.17) is 38.9 Å². The Balaban J connectivity index is 1.44. The van der Waals surface area contributed by atoms with Crippen LogP contribution in [0, 0.1) is 5.82 Å². The summed E-state index contributed by atoms with van der Waals surface area (Å²) in [7, 11) is 0. The molecule has 5 aromatic rings. The van der Waals surface area contributed by atoms with Crippen LogP contribution in [0.4, 0.5) is 22.0 Å². The number of halogens is 3. The highest BCUT2D eigenvalue weighted by Gasteiger charge is 2.25. The number of anilines is 3. The number of benzene rings is 2. The van der Waals surface area contributed by atoms with Crippen molar-refractivity contribution in [1.29, 1.82) is 0 Å². The van der Waals surface area contributed by atoms with E-state index in [-0.39, 0.29) is 5.82 Å². The van der Waals surface area contributed by atoms with Gasteiger partial charge in [-0.2, -0.15) is 4.98 Å². The molecule has 1 aliphatic rings. The van der Waals surface area contributed by atoms with Gasteiger partial charge in [-0.3, -0.25) is 0 Å². The molecule has 6 rings (SSSR count). The minimum absolute atomic E-state index is 0.276. The number of pyridine rings is 1. The van der Waals surface area contributed by atoms with Gasteiger partial charge in [0, 0.05) is 37.9 Å². The molecule has 1 aliphatic heterocycles. The monoisotopic (exact) mass is 534 g/mol. The molecule has 0 bridgehead atoms. The SMILES string of the molecule is Nc1c2c(-c3ccccc3F)nc(N3CCN(c4ccccn4)CC3)nc2nn1-c1ccc(Cl)c(Cl)c1. The molecule has 186 valence electrons. The molecule has 3 aromatic heterocycles. The lowest BCUT2D eigenvalue weighted by atomic mass is 10.1. The van der Waals surface area contributed by atoms with Crippen molar-refractivity contribution in [2.75, 3.05) is 41.7 Å². The smallest absolute Gasteiger partial charge is 0.228 e. The highest BCUT2D eigenvalue weighted by atomic mass is 35.5. The normalized spacial score (nSPS) is 13.9. The third kappa shape index (κ3) is 4.30. The van der Waals surface area contributed by atoms with E-state index in [0.29, 0.717) is 57.1 Å². The molecule has 0 spiro atoms. The van der Waals surface area contributed by atoms with E-state index in [1.54, 1.807) is 42.6 Å². The Kier molecular flexibility index (Phi) is 6.02. The quantitative estimate of drug-likeness (QED) is 0.337. The molecule has 1 fully saturated rings. The van der Waals surface area contributed by atoms with Crippen LogP contribution in [0.3, 0.4) is 0 Å². The van der Waals surface area contributed by atoms with Crippen LogP contribution in [-0.4, -0.2) is 50.9 Å². The fourth-order valence-corrected chi connectivity index (χ4v) is 4.77. The van der Waals surface area contributed by atoms with Crippen LogP contribution >= 0.6 is 23.2 Å². The molecule has 1 saturated heterocycles. The number of fused-ring (bicyclic) bond motifs is 1. The lowest BCUT2D eigenvalue weighted by Crippen LogP contribution is -2.47. The van der Waals surface area contributed by atoms with Gasteiger partial charge in [-0.05, 0) is 42.5 Å². The van der Waals surface area contributed by atoms with Gasteiger partial charge in [0.25, 0.3) is 0 Å². The van der Waals surface area contributed by atoms with Crippen LogP contribution in [0.2, 0.25) is 10.0 Å². The standard InChI is InChI=1S/C26H21Cl2FN8/c27-18-9-8-16(15-19(18)28)37-24(30)22-23(17-5-1-2-6-20(17)29)32-26(33-25(22)34-37)36-13-11-35(12-14-36)21-7-3-4-10-31-21/h1-10,15H,11-14,30H2. The van der Waals surface area contributed by atoms with E-state index in [2.05, 4.69) is 19.9 Å². The summed E-state index contributed by atoms with van der Waals surface area (Å²) in [6, 6.07) is 17.4. The van der Waals surface area contributed by atoms with Crippen LogP contribution in [0.15, 0.2) is 66.9 Å². The van der Waals surface area contributed by atoms with Crippen LogP contribution < -0.4 is 15.5 Å². The lowest BCUT2D eigenvalue weighted by Gasteiger charge is -2.35. The zero-order chi connectivity index (χ0) is 25.5. The van der Waals surface area contributed by atoms with Gasteiger partial charge in [-0.25, -0.2) is 19.0 Å². The highest BCUT2D eigenvalue weighted by molar-refractivity contribution is 6.42. The maximum absolute atomic E-state index is 15.0. The molecule has 4 heterocycles. The van der Waals surface area contributed by atoms with Crippen LogP contribution in [0.25, 0.3) is 28.0 Å². The highest BCUT2D eigenvalue weighted by Crippen LogP contribution is 2.35. The fourth-order valence-electron chi connectivity index (χ4n) is 4.48. The first kappa shape index (κ1) is 23.4. The van der Waals surface area contributed by atoms with E-state index in [1.807, 2.05) is 18.2 Å². The Labute approximate surface area is 222 Å². The van der Waals surface area contributed by atoms with Gasteiger partial charge in [0.2, 0.25) is 5.95 Å². The largest absolute Gasteiger partial charge is 0.383 e. The van der Waals surface area contributed by atoms with E-state index in [9.17, 15) is 4.39 Å². The molecule has 0 aliphatic carbocycles. The summed E-state index contributed by atoms with van der Waals surface area (Å²) in [5.74, 6) is 1.26. The second-order valence-corrected chi connectivity index (χ2v) is 9.42. The average molecular weight is 535 g/mol. The number of nitrogen functional groups attached to an aromatic ring is 1. The number of hydrogen-bond acceptors (Lipinski definition) is 7. The van der Waals surface area contributed by atoms with Crippen molar-refractivity contribution in [1.82, 2.24) is 24.7 Å². The predicted molar refractivity (Wildman–Crippen MR) is 145 cm³/mol. The summed E-state index contributed by atoms with van der Waals surface area (Å²) in [6.45, 7) is 2.82. The van der Waals surface area contributed by atoms with Crippen LogP contribution in [-0.2, 0) is 0 Å². The molecule has 8 nitrogen and oxygen atoms in total. The Hall–Kier alpha value is -3.95. The Bertz CT molecular complexity index is 1600. The molecule has 2 aromatic carbocycles. The summed E-state index contributed by atoms with van der Waals surface area (Å²) < 4.78 is 16.5. The Morgan fingerprint density at radius 3 is 2.32 bits per heavy atom. The molecule has 0 atom stereocenters. The maximum Gasteiger partial charge on any atom is 0.228 e. The van der Waals surface area contributed by atoms with Gasteiger partial charge in [-0.1, -0.05) is 41.4 Å². The van der Waals surface area contributed by atoms with Crippen molar-refractivity contribution in [3.63, 3.8) is 0 Å². The third-order valence-electron chi connectivity index (χ3n) is 6.37. The molecule has 2 N–H and O–H groups in total. The lowest BCUT2D eigenvalue weighted by molar-refractivity contribution is 0.629. The fraction of sp³-hybridized carbons (Fsp3) is 0.154. The average Bonchev–Trinajstić information content (AvgIpc) is 3.27. The van der Waals surface area contributed by atoms with Crippen molar-refractivity contribution in [2.45, 2.75) is 0 Å². The molecule has 0 amide bonds. The van der Waals surface area contributed by atoms with Gasteiger partial charge < -0.3 is 15.5 Å². The summed E-state index contributed by atoms with van der Waals surface area (Å²) in [5.41, 5.74) is 8.23. The topological polar surface area (TPSA) is 89.0 Å². The maximum atomic E-state index is 15.0. The number of nitrogens with zero attached hydrogens (tertiary/aromatic N) is 7. The van der Waals surface area contributed by atoms with Gasteiger partial charge in [0.15, 0.2) is 5.65 Å². The minimum atomic E-state index is -0.407. The van der Waals surface area contributed by atoms with Gasteiger partial charge >= 0.3 is 0 Å². The van der Waals surface area contributed by atoms with Gasteiger partial charge in [0.1, 0.15) is 17.5 Å². The Morgan fingerprint density at radius 1 is 0.838 bits per heavy atom. The predicted octanol–water partition coefficient (Wildman–Crippen LogP) is 5.23. The van der Waals surface area contributed by atoms with E-state index < -0.39 is 5.82 Å². The van der Waals surface area contributed by atoms with Crippen molar-refractivity contribution in [3.05, 3.63) is 82.7 Å². The van der Waals surface area contributed by atoms with Crippen molar-refractivity contribution in [3.8, 4) is 16.9 Å². The first-order valence-corrected chi connectivity index (χ1v) is 12.4. The van der Waals surface area contributed by atoms with Crippen LogP contribution in [0.1, 0.15) is 0 Å². The third-order valence-corrected chi connectivity index (χ3v) is 7.11. The summed E-state index contributed by atoms with van der Waals surface area (Å²) >= 11 is 12.3. The molecule has 0 saturated carbocycles. The minimum Gasteiger partial charge on any atom is -0.383 e. The number of hydrogen-bond donors (Lipinski definition) is 1. The van der Waals surface area contributed by atoms with Gasteiger partial charge in [-0.15, -0.1) is 5.10 Å². The van der Waals surface area contributed by atoms with Crippen molar-refractivity contribution >= 4 is 51.8 Å². The second kappa shape index (κ2) is 9.49. The number of piperazine rings is 1. The Morgan fingerprint density at radius 2 is 1.59 bits per heavy atom. The van der Waals surface area contributed by atoms with Crippen molar-refractivity contribution in [2.24, 2.45) is 0 Å². The number of rotatable bonds is 4. The van der Waals surface area contributed by atoms with Crippen LogP contribution in [0.5, 0.6) is 0 Å². The summed E-state index contributed by atoms with van der Waals surface area (Å²) in [5, 5.41) is 5.90. The first-order chi connectivity index (χ1) is 18.0. The summed E-state index contributed by atoms with van der Waals surface area (Å²) in [6.07, 6.45) is 1.79. The summed E-state index contributed by atoms with van der Waals surface area (Å²) in [4.78, 5) is 18.3. The number of aromatic nitrogens is 5. The zero-order valence-corrected chi connectivity index (χ0v) is 21.0. The van der Waals surface area contributed by atoms with E-state index >= 15 is 0 Å². The molecule has 11 heteroatoms. The molecular weight excluding hydrogens is 514 g/mol. The molecular formula is C26H21Cl2FN8. The zero-order valence-electron chi connectivity index (χ0n) is 19.5. The van der Waals surface area contributed by atoms with Crippen molar-refractivity contribution < 1.29 is 4.39 Å². The number of nitrogens with two attached hydrogens (primary N) is 1. The first-order valence-electron chi connectivity index (χ1n) is 11.7. The molecule has 0 unspecified atom stereocenters. The van der Waals surface area contributed by atoms with Gasteiger partial charge in [0.05, 0.1) is 26.8 Å². The molecule has 0 radical (unpaired) electrons. The second-order valence-electron chi connectivity index (χ2n) is 8.61. The van der Waals surface area contributed by atoms with E-state index in [0.717, 1.165) is 18.9 Å². The van der Waals surface area contributed by atoms with E-state index in [1.165, 1.54) is 10.7 Å². The molecule has 37 heavy (non-hydrogen) atoms.